The van der Waals surface area contributed by atoms with Crippen LogP contribution < -0.4 is 4.90 Å². The summed E-state index contributed by atoms with van der Waals surface area (Å²) in [4.78, 5) is 9.85. The third kappa shape index (κ3) is 5.99. The van der Waals surface area contributed by atoms with Crippen molar-refractivity contribution in [3.63, 3.8) is 0 Å². The van der Waals surface area contributed by atoms with Gasteiger partial charge in [0.05, 0.1) is 6.20 Å². The summed E-state index contributed by atoms with van der Waals surface area (Å²) in [6, 6.07) is 7.67. The number of rotatable bonds is 5. The van der Waals surface area contributed by atoms with Gasteiger partial charge in [-0.05, 0) is 49.6 Å². The Morgan fingerprint density at radius 1 is 1.26 bits per heavy atom. The lowest BCUT2D eigenvalue weighted by Crippen LogP contribution is -2.23. The molecular weight excluding hydrogens is 333 g/mol. The van der Waals surface area contributed by atoms with Crippen LogP contribution in [0.25, 0.3) is 11.3 Å². The monoisotopic (exact) mass is 355 g/mol. The fourth-order valence-electron chi connectivity index (χ4n) is 2.14. The second kappa shape index (κ2) is 10.4. The van der Waals surface area contributed by atoms with Crippen LogP contribution in [0.3, 0.4) is 0 Å². The fourth-order valence-corrected chi connectivity index (χ4v) is 2.27. The van der Waals surface area contributed by atoms with Gasteiger partial charge < -0.3 is 4.90 Å². The van der Waals surface area contributed by atoms with E-state index in [4.69, 9.17) is 11.6 Å². The van der Waals surface area contributed by atoms with Gasteiger partial charge in [0, 0.05) is 24.3 Å². The lowest BCUT2D eigenvalue weighted by atomic mass is 10.1. The molecule has 0 atom stereocenters. The van der Waals surface area contributed by atoms with Crippen LogP contribution in [0.1, 0.15) is 20.3 Å². The Balaban J connectivity index is 0.000000816. The minimum atomic E-state index is -0.468. The Bertz CT molecular complexity index is 610. The molecule has 2 rings (SSSR count). The van der Waals surface area contributed by atoms with Gasteiger partial charge in [-0.1, -0.05) is 19.1 Å². The van der Waals surface area contributed by atoms with Gasteiger partial charge in [-0.25, -0.2) is 14.4 Å². The number of hydrogen-bond acceptors (Lipinski definition) is 4. The summed E-state index contributed by atoms with van der Waals surface area (Å²) in [5, 5.41) is 0.0488. The molecule has 0 bridgehead atoms. The van der Waals surface area contributed by atoms with Crippen molar-refractivity contribution in [1.82, 2.24) is 9.97 Å². The van der Waals surface area contributed by atoms with Crippen LogP contribution in [-0.4, -0.2) is 35.6 Å². The van der Waals surface area contributed by atoms with Crippen LogP contribution in [0.15, 0.2) is 30.5 Å². The van der Waals surface area contributed by atoms with E-state index in [1.165, 1.54) is 0 Å². The zero-order chi connectivity index (χ0) is 17.2. The molecule has 3 nitrogen and oxygen atoms in total. The van der Waals surface area contributed by atoms with Crippen LogP contribution in [0, 0.1) is 5.82 Å². The fraction of sp³-hybridized carbons (Fsp3) is 0.412. The summed E-state index contributed by atoms with van der Waals surface area (Å²) in [5.41, 5.74) is 2.00. The van der Waals surface area contributed by atoms with Gasteiger partial charge >= 0.3 is 0 Å². The van der Waals surface area contributed by atoms with Crippen molar-refractivity contribution in [3.8, 4) is 11.3 Å². The van der Waals surface area contributed by atoms with Gasteiger partial charge in [0.2, 0.25) is 5.28 Å². The van der Waals surface area contributed by atoms with E-state index in [2.05, 4.69) is 28.7 Å². The molecule has 6 heteroatoms. The third-order valence-corrected chi connectivity index (χ3v) is 3.26. The minimum Gasteiger partial charge on any atom is -0.372 e. The summed E-state index contributed by atoms with van der Waals surface area (Å²) in [5.74, 6) is -0.468. The van der Waals surface area contributed by atoms with Crippen LogP contribution in [0.4, 0.5) is 10.1 Å². The zero-order valence-corrected chi connectivity index (χ0v) is 15.6. The van der Waals surface area contributed by atoms with Crippen LogP contribution >= 0.6 is 23.4 Å². The first-order valence-corrected chi connectivity index (χ1v) is 9.51. The van der Waals surface area contributed by atoms with Crippen LogP contribution in [0.2, 0.25) is 5.28 Å². The molecule has 0 saturated heterocycles. The van der Waals surface area contributed by atoms with Crippen LogP contribution in [0.5, 0.6) is 0 Å². The van der Waals surface area contributed by atoms with E-state index >= 15 is 0 Å². The highest BCUT2D eigenvalue weighted by molar-refractivity contribution is 7.97. The Morgan fingerprint density at radius 2 is 1.96 bits per heavy atom. The maximum absolute atomic E-state index is 13.8. The highest BCUT2D eigenvalue weighted by Crippen LogP contribution is 2.26. The number of nitrogens with zero attached hydrogens (tertiary/aromatic N) is 3. The molecule has 126 valence electrons. The molecule has 0 fully saturated rings. The second-order valence-corrected chi connectivity index (χ2v) is 6.03. The van der Waals surface area contributed by atoms with E-state index in [1.807, 2.05) is 36.8 Å². The Morgan fingerprint density at radius 3 is 2.57 bits per heavy atom. The molecule has 0 aliphatic carbocycles. The molecule has 1 aromatic carbocycles. The smallest absolute Gasteiger partial charge is 0.223 e. The molecular formula is C17H23ClFN3S. The van der Waals surface area contributed by atoms with E-state index in [9.17, 15) is 4.39 Å². The lowest BCUT2D eigenvalue weighted by Gasteiger charge is -2.23. The first kappa shape index (κ1) is 19.7. The van der Waals surface area contributed by atoms with Crippen molar-refractivity contribution in [2.24, 2.45) is 0 Å². The molecule has 1 aromatic heterocycles. The molecule has 0 saturated carbocycles. The second-order valence-electron chi connectivity index (χ2n) is 4.87. The molecule has 0 radical (unpaired) electrons. The van der Waals surface area contributed by atoms with Gasteiger partial charge in [0.1, 0.15) is 5.69 Å². The van der Waals surface area contributed by atoms with E-state index in [0.717, 1.165) is 31.4 Å². The molecule has 0 aliphatic heterocycles. The molecule has 0 spiro atoms. The summed E-state index contributed by atoms with van der Waals surface area (Å²) in [6.45, 7) is 6.11. The lowest BCUT2D eigenvalue weighted by molar-refractivity contribution is 0.618. The van der Waals surface area contributed by atoms with E-state index < -0.39 is 5.82 Å². The zero-order valence-electron chi connectivity index (χ0n) is 14.0. The molecule has 0 amide bonds. The maximum atomic E-state index is 13.8. The first-order valence-electron chi connectivity index (χ1n) is 7.50. The topological polar surface area (TPSA) is 29.0 Å². The predicted molar refractivity (Wildman–Crippen MR) is 100 cm³/mol. The van der Waals surface area contributed by atoms with Crippen molar-refractivity contribution < 1.29 is 4.39 Å². The van der Waals surface area contributed by atoms with Gasteiger partial charge in [0.15, 0.2) is 5.82 Å². The molecule has 0 unspecified atom stereocenters. The van der Waals surface area contributed by atoms with Crippen molar-refractivity contribution in [2.75, 3.05) is 30.5 Å². The summed E-state index contributed by atoms with van der Waals surface area (Å²) >= 11 is 7.50. The SMILES string of the molecule is CCCN(CC)c1cccc(-c2nc(Cl)ncc2F)c1.CSC. The molecule has 1 heterocycles. The van der Waals surface area contributed by atoms with Crippen molar-refractivity contribution >= 4 is 29.1 Å². The standard InChI is InChI=1S/C15H17ClFN3.C2H6S/c1-3-8-20(4-2)12-7-5-6-11(9-12)14-13(17)10-18-15(16)19-14;1-3-2/h5-7,9-10H,3-4,8H2,1-2H3;1-2H3. The average Bonchev–Trinajstić information content (AvgIpc) is 2.55. The summed E-state index contributed by atoms with van der Waals surface area (Å²) in [7, 11) is 0. The number of anilines is 1. The third-order valence-electron chi connectivity index (χ3n) is 3.07. The van der Waals surface area contributed by atoms with Gasteiger partial charge in [0.25, 0.3) is 0 Å². The summed E-state index contributed by atoms with van der Waals surface area (Å²) in [6.07, 6.45) is 6.24. The normalized spacial score (nSPS) is 10.0. The predicted octanol–water partition coefficient (Wildman–Crippen LogP) is 5.15. The highest BCUT2D eigenvalue weighted by Gasteiger charge is 2.11. The number of aromatic nitrogens is 2. The van der Waals surface area contributed by atoms with Gasteiger partial charge in [-0.3, -0.25) is 0 Å². The molecule has 0 N–H and O–H groups in total. The van der Waals surface area contributed by atoms with Crippen molar-refractivity contribution in [3.05, 3.63) is 41.6 Å². The average molecular weight is 356 g/mol. The molecule has 0 aliphatic rings. The van der Waals surface area contributed by atoms with Crippen LogP contribution in [-0.2, 0) is 0 Å². The Hall–Kier alpha value is -1.33. The van der Waals surface area contributed by atoms with Crippen molar-refractivity contribution in [2.45, 2.75) is 20.3 Å². The highest BCUT2D eigenvalue weighted by atomic mass is 35.5. The number of hydrogen-bond donors (Lipinski definition) is 0. The van der Waals surface area contributed by atoms with E-state index in [1.54, 1.807) is 11.8 Å². The summed E-state index contributed by atoms with van der Waals surface area (Å²) < 4.78 is 13.8. The Labute approximate surface area is 147 Å². The number of halogens is 2. The van der Waals surface area contributed by atoms with Crippen molar-refractivity contribution in [1.29, 1.82) is 0 Å². The maximum Gasteiger partial charge on any atom is 0.223 e. The quantitative estimate of drug-likeness (QED) is 0.693. The van der Waals surface area contributed by atoms with E-state index in [0.29, 0.717) is 5.56 Å². The Kier molecular flexibility index (Phi) is 8.95. The van der Waals surface area contributed by atoms with Gasteiger partial charge in [-0.2, -0.15) is 11.8 Å². The molecule has 23 heavy (non-hydrogen) atoms. The van der Waals surface area contributed by atoms with Gasteiger partial charge in [-0.15, -0.1) is 0 Å². The number of benzene rings is 1. The van der Waals surface area contributed by atoms with E-state index in [-0.39, 0.29) is 11.0 Å². The molecule has 2 aromatic rings. The largest absolute Gasteiger partial charge is 0.372 e. The first-order chi connectivity index (χ1) is 11.1. The number of thioether (sulfide) groups is 1. The minimum absolute atomic E-state index is 0.0488.